The zero-order valence-electron chi connectivity index (χ0n) is 9.67. The molecular formula is C11H15N3O3. The molecule has 0 radical (unpaired) electrons. The predicted molar refractivity (Wildman–Crippen MR) is 63.1 cm³/mol. The van der Waals surface area contributed by atoms with Gasteiger partial charge in [0.05, 0.1) is 17.6 Å². The van der Waals surface area contributed by atoms with Crippen LogP contribution in [0, 0.1) is 17.0 Å². The Hall–Kier alpha value is -1.69. The van der Waals surface area contributed by atoms with Gasteiger partial charge >= 0.3 is 0 Å². The van der Waals surface area contributed by atoms with Gasteiger partial charge in [0.25, 0.3) is 5.69 Å². The molecule has 0 spiro atoms. The van der Waals surface area contributed by atoms with Crippen molar-refractivity contribution < 1.29 is 10.0 Å². The van der Waals surface area contributed by atoms with E-state index in [1.807, 2.05) is 4.90 Å². The van der Waals surface area contributed by atoms with Gasteiger partial charge in [-0.3, -0.25) is 10.1 Å². The van der Waals surface area contributed by atoms with E-state index < -0.39 is 4.92 Å². The molecule has 0 saturated carbocycles. The number of aliphatic hydroxyl groups is 1. The Labute approximate surface area is 99.0 Å². The zero-order chi connectivity index (χ0) is 12.4. The molecule has 2 heterocycles. The van der Waals surface area contributed by atoms with Crippen molar-refractivity contribution in [2.75, 3.05) is 18.1 Å². The van der Waals surface area contributed by atoms with Crippen LogP contribution in [-0.2, 0) is 0 Å². The highest BCUT2D eigenvalue weighted by Crippen LogP contribution is 2.27. The molecule has 1 aliphatic heterocycles. The van der Waals surface area contributed by atoms with Gasteiger partial charge in [0.15, 0.2) is 0 Å². The molecule has 1 aliphatic rings. The molecule has 92 valence electrons. The first-order valence-electron chi connectivity index (χ1n) is 5.62. The number of aryl methyl sites for hydroxylation is 1. The van der Waals surface area contributed by atoms with Gasteiger partial charge in [-0.15, -0.1) is 0 Å². The second kappa shape index (κ2) is 4.67. The minimum Gasteiger partial charge on any atom is -0.394 e. The SMILES string of the molecule is Cc1cc(N2CCC[C@@H]2CO)ncc1[N+](=O)[O-]. The van der Waals surface area contributed by atoms with Gasteiger partial charge in [-0.25, -0.2) is 4.98 Å². The number of aliphatic hydroxyl groups excluding tert-OH is 1. The predicted octanol–water partition coefficient (Wildman–Crippen LogP) is 1.26. The summed E-state index contributed by atoms with van der Waals surface area (Å²) >= 11 is 0. The number of hydrogen-bond acceptors (Lipinski definition) is 5. The summed E-state index contributed by atoms with van der Waals surface area (Å²) in [5.74, 6) is 0.713. The third-order valence-corrected chi connectivity index (χ3v) is 3.15. The smallest absolute Gasteiger partial charge is 0.290 e. The Bertz CT molecular complexity index is 436. The number of anilines is 1. The fourth-order valence-corrected chi connectivity index (χ4v) is 2.21. The molecule has 17 heavy (non-hydrogen) atoms. The van der Waals surface area contributed by atoms with Crippen molar-refractivity contribution in [3.63, 3.8) is 0 Å². The van der Waals surface area contributed by atoms with E-state index in [1.54, 1.807) is 13.0 Å². The molecular weight excluding hydrogens is 222 g/mol. The van der Waals surface area contributed by atoms with Crippen LogP contribution in [0.5, 0.6) is 0 Å². The van der Waals surface area contributed by atoms with Crippen LogP contribution in [0.15, 0.2) is 12.3 Å². The lowest BCUT2D eigenvalue weighted by atomic mass is 10.2. The third-order valence-electron chi connectivity index (χ3n) is 3.15. The molecule has 0 aliphatic carbocycles. The average molecular weight is 237 g/mol. The second-order valence-corrected chi connectivity index (χ2v) is 4.26. The van der Waals surface area contributed by atoms with Crippen LogP contribution in [-0.4, -0.2) is 34.2 Å². The fraction of sp³-hybridized carbons (Fsp3) is 0.545. The molecule has 0 aromatic carbocycles. The summed E-state index contributed by atoms with van der Waals surface area (Å²) < 4.78 is 0. The molecule has 0 bridgehead atoms. The average Bonchev–Trinajstić information content (AvgIpc) is 2.76. The van der Waals surface area contributed by atoms with Crippen LogP contribution in [0.25, 0.3) is 0 Å². The normalized spacial score (nSPS) is 19.6. The highest BCUT2D eigenvalue weighted by atomic mass is 16.6. The van der Waals surface area contributed by atoms with E-state index in [-0.39, 0.29) is 18.3 Å². The minimum absolute atomic E-state index is 0.0356. The number of hydrogen-bond donors (Lipinski definition) is 1. The van der Waals surface area contributed by atoms with E-state index in [4.69, 9.17) is 0 Å². The maximum absolute atomic E-state index is 10.7. The number of rotatable bonds is 3. The Morgan fingerprint density at radius 2 is 2.47 bits per heavy atom. The van der Waals surface area contributed by atoms with E-state index in [2.05, 4.69) is 4.98 Å². The number of nitrogens with zero attached hydrogens (tertiary/aromatic N) is 3. The maximum Gasteiger partial charge on any atom is 0.290 e. The number of aromatic nitrogens is 1. The van der Waals surface area contributed by atoms with Gasteiger partial charge in [-0.1, -0.05) is 0 Å². The largest absolute Gasteiger partial charge is 0.394 e. The summed E-state index contributed by atoms with van der Waals surface area (Å²) in [6, 6.07) is 1.80. The van der Waals surface area contributed by atoms with Gasteiger partial charge in [-0.05, 0) is 25.8 Å². The second-order valence-electron chi connectivity index (χ2n) is 4.26. The Morgan fingerprint density at radius 1 is 1.71 bits per heavy atom. The van der Waals surface area contributed by atoms with E-state index in [0.29, 0.717) is 11.4 Å². The van der Waals surface area contributed by atoms with Gasteiger partial charge < -0.3 is 10.0 Å². The van der Waals surface area contributed by atoms with Crippen LogP contribution in [0.1, 0.15) is 18.4 Å². The lowest BCUT2D eigenvalue weighted by molar-refractivity contribution is -0.385. The summed E-state index contributed by atoms with van der Waals surface area (Å²) in [6.45, 7) is 2.64. The monoisotopic (exact) mass is 237 g/mol. The first-order valence-corrected chi connectivity index (χ1v) is 5.62. The van der Waals surface area contributed by atoms with Crippen molar-refractivity contribution >= 4 is 11.5 Å². The number of pyridine rings is 1. The van der Waals surface area contributed by atoms with Crippen molar-refractivity contribution in [3.05, 3.63) is 27.9 Å². The lowest BCUT2D eigenvalue weighted by Gasteiger charge is -2.24. The summed E-state index contributed by atoms with van der Waals surface area (Å²) in [5, 5.41) is 19.9. The first kappa shape index (κ1) is 11.8. The molecule has 0 amide bonds. The van der Waals surface area contributed by atoms with E-state index in [1.165, 1.54) is 6.20 Å². The van der Waals surface area contributed by atoms with Crippen LogP contribution >= 0.6 is 0 Å². The van der Waals surface area contributed by atoms with E-state index in [9.17, 15) is 15.2 Å². The van der Waals surface area contributed by atoms with Crippen LogP contribution < -0.4 is 4.90 Å². The standard InChI is InChI=1S/C11H15N3O3/c1-8-5-11(12-6-10(8)14(16)17)13-4-2-3-9(13)7-15/h5-6,9,15H,2-4,7H2,1H3/t9-/m1/s1. The minimum atomic E-state index is -0.431. The molecule has 1 fully saturated rings. The maximum atomic E-state index is 10.7. The summed E-state index contributed by atoms with van der Waals surface area (Å²) in [5.41, 5.74) is 0.636. The van der Waals surface area contributed by atoms with Gasteiger partial charge in [-0.2, -0.15) is 0 Å². The lowest BCUT2D eigenvalue weighted by Crippen LogP contribution is -2.32. The van der Waals surface area contributed by atoms with Crippen molar-refractivity contribution in [3.8, 4) is 0 Å². The molecule has 1 aromatic heterocycles. The quantitative estimate of drug-likeness (QED) is 0.632. The summed E-state index contributed by atoms with van der Waals surface area (Å²) in [7, 11) is 0. The van der Waals surface area contributed by atoms with Gasteiger partial charge in [0.2, 0.25) is 0 Å². The van der Waals surface area contributed by atoms with Gasteiger partial charge in [0, 0.05) is 12.1 Å². The highest BCUT2D eigenvalue weighted by Gasteiger charge is 2.25. The molecule has 2 rings (SSSR count). The van der Waals surface area contributed by atoms with E-state index >= 15 is 0 Å². The van der Waals surface area contributed by atoms with Crippen LogP contribution in [0.2, 0.25) is 0 Å². The Kier molecular flexibility index (Phi) is 3.23. The Balaban J connectivity index is 2.28. The Morgan fingerprint density at radius 3 is 3.06 bits per heavy atom. The van der Waals surface area contributed by atoms with Crippen LogP contribution in [0.4, 0.5) is 11.5 Å². The first-order chi connectivity index (χ1) is 8.13. The molecule has 1 aromatic rings. The van der Waals surface area contributed by atoms with Crippen molar-refractivity contribution in [1.82, 2.24) is 4.98 Å². The highest BCUT2D eigenvalue weighted by molar-refractivity contribution is 5.49. The molecule has 6 nitrogen and oxygen atoms in total. The molecule has 0 unspecified atom stereocenters. The van der Waals surface area contributed by atoms with Crippen molar-refractivity contribution in [2.24, 2.45) is 0 Å². The molecule has 1 atom stereocenters. The third kappa shape index (κ3) is 2.21. The molecule has 1 saturated heterocycles. The molecule has 6 heteroatoms. The van der Waals surface area contributed by atoms with E-state index in [0.717, 1.165) is 19.4 Å². The number of nitro groups is 1. The molecule has 1 N–H and O–H groups in total. The van der Waals surface area contributed by atoms with Crippen molar-refractivity contribution in [1.29, 1.82) is 0 Å². The van der Waals surface area contributed by atoms with Gasteiger partial charge in [0.1, 0.15) is 12.0 Å². The zero-order valence-corrected chi connectivity index (χ0v) is 9.67. The summed E-state index contributed by atoms with van der Waals surface area (Å²) in [6.07, 6.45) is 3.24. The van der Waals surface area contributed by atoms with Crippen molar-refractivity contribution in [2.45, 2.75) is 25.8 Å². The summed E-state index contributed by atoms with van der Waals surface area (Å²) in [4.78, 5) is 16.4. The van der Waals surface area contributed by atoms with Crippen LogP contribution in [0.3, 0.4) is 0 Å². The topological polar surface area (TPSA) is 79.5 Å². The fourth-order valence-electron chi connectivity index (χ4n) is 2.21.